The molecule has 2 rings (SSSR count). The number of halogens is 1. The predicted octanol–water partition coefficient (Wildman–Crippen LogP) is 4.58. The molecule has 1 aromatic heterocycles. The van der Waals surface area contributed by atoms with Crippen molar-refractivity contribution in [1.82, 2.24) is 10.3 Å². The predicted molar refractivity (Wildman–Crippen MR) is 87.0 cm³/mol. The van der Waals surface area contributed by atoms with Crippen LogP contribution in [0.25, 0.3) is 0 Å². The molecule has 112 valence electrons. The van der Waals surface area contributed by atoms with Crippen LogP contribution in [0.3, 0.4) is 0 Å². The van der Waals surface area contributed by atoms with Gasteiger partial charge in [0.2, 0.25) is 5.88 Å². The molecule has 1 N–H and O–H groups in total. The molecule has 0 spiro atoms. The van der Waals surface area contributed by atoms with E-state index in [1.165, 1.54) is 0 Å². The fourth-order valence-corrected chi connectivity index (χ4v) is 2.10. The number of rotatable bonds is 6. The van der Waals surface area contributed by atoms with Crippen molar-refractivity contribution >= 4 is 11.6 Å². The molecule has 3 nitrogen and oxygen atoms in total. The summed E-state index contributed by atoms with van der Waals surface area (Å²) in [6.07, 6.45) is 1.74. The summed E-state index contributed by atoms with van der Waals surface area (Å²) in [5.74, 6) is 1.98. The van der Waals surface area contributed by atoms with E-state index in [1.807, 2.05) is 37.3 Å². The molecule has 0 amide bonds. The topological polar surface area (TPSA) is 34.1 Å². The molecule has 2 aromatic rings. The third kappa shape index (κ3) is 4.73. The molecule has 0 aliphatic carbocycles. The van der Waals surface area contributed by atoms with Crippen molar-refractivity contribution < 1.29 is 4.74 Å². The Balaban J connectivity index is 2.14. The third-order valence-electron chi connectivity index (χ3n) is 3.07. The Kier molecular flexibility index (Phi) is 5.59. The molecule has 0 atom stereocenters. The van der Waals surface area contributed by atoms with Crippen LogP contribution in [0.4, 0.5) is 0 Å². The van der Waals surface area contributed by atoms with Crippen LogP contribution in [0.15, 0.2) is 36.5 Å². The highest BCUT2D eigenvalue weighted by Crippen LogP contribution is 2.28. The zero-order valence-corrected chi connectivity index (χ0v) is 13.4. The van der Waals surface area contributed by atoms with Gasteiger partial charge in [-0.1, -0.05) is 37.6 Å². The van der Waals surface area contributed by atoms with E-state index in [0.717, 1.165) is 30.0 Å². The van der Waals surface area contributed by atoms with E-state index in [2.05, 4.69) is 24.1 Å². The molecule has 1 heterocycles. The molecule has 0 aliphatic rings. The normalized spacial score (nSPS) is 10.9. The van der Waals surface area contributed by atoms with Crippen molar-refractivity contribution in [2.24, 2.45) is 5.92 Å². The van der Waals surface area contributed by atoms with Crippen molar-refractivity contribution in [1.29, 1.82) is 0 Å². The van der Waals surface area contributed by atoms with Gasteiger partial charge in [0.25, 0.3) is 0 Å². The first-order valence-electron chi connectivity index (χ1n) is 7.15. The number of hydrogen-bond acceptors (Lipinski definition) is 3. The summed E-state index contributed by atoms with van der Waals surface area (Å²) >= 11 is 6.03. The second-order valence-corrected chi connectivity index (χ2v) is 5.94. The van der Waals surface area contributed by atoms with E-state index >= 15 is 0 Å². The quantitative estimate of drug-likeness (QED) is 0.848. The van der Waals surface area contributed by atoms with Gasteiger partial charge in [-0.25, -0.2) is 4.98 Å². The van der Waals surface area contributed by atoms with Crippen LogP contribution in [-0.4, -0.2) is 11.5 Å². The first-order valence-corrected chi connectivity index (χ1v) is 7.52. The van der Waals surface area contributed by atoms with Gasteiger partial charge in [-0.3, -0.25) is 0 Å². The summed E-state index contributed by atoms with van der Waals surface area (Å²) in [5.41, 5.74) is 2.07. The third-order valence-corrected chi connectivity index (χ3v) is 3.31. The van der Waals surface area contributed by atoms with Gasteiger partial charge in [0, 0.05) is 23.3 Å². The average molecular weight is 305 g/mol. The van der Waals surface area contributed by atoms with Gasteiger partial charge in [0.05, 0.1) is 0 Å². The van der Waals surface area contributed by atoms with Crippen molar-refractivity contribution in [3.63, 3.8) is 0 Å². The molecule has 0 bridgehead atoms. The van der Waals surface area contributed by atoms with Gasteiger partial charge >= 0.3 is 0 Å². The van der Waals surface area contributed by atoms with E-state index in [4.69, 9.17) is 16.3 Å². The second-order valence-electron chi connectivity index (χ2n) is 5.50. The summed E-state index contributed by atoms with van der Waals surface area (Å²) in [5, 5.41) is 4.07. The lowest BCUT2D eigenvalue weighted by Gasteiger charge is -2.13. The van der Waals surface area contributed by atoms with E-state index in [0.29, 0.717) is 16.8 Å². The molecular weight excluding hydrogens is 284 g/mol. The smallest absolute Gasteiger partial charge is 0.223 e. The SMILES string of the molecule is Cc1ccc(Cl)cc1Oc1ncccc1CNCC(C)C. The fourth-order valence-electron chi connectivity index (χ4n) is 1.93. The lowest BCUT2D eigenvalue weighted by Crippen LogP contribution is -2.19. The summed E-state index contributed by atoms with van der Waals surface area (Å²) in [7, 11) is 0. The Hall–Kier alpha value is -1.58. The zero-order valence-electron chi connectivity index (χ0n) is 12.7. The van der Waals surface area contributed by atoms with Crippen molar-refractivity contribution in [3.8, 4) is 11.6 Å². The summed E-state index contributed by atoms with van der Waals surface area (Å²) < 4.78 is 5.94. The van der Waals surface area contributed by atoms with Crippen LogP contribution >= 0.6 is 11.6 Å². The van der Waals surface area contributed by atoms with Crippen LogP contribution in [-0.2, 0) is 6.54 Å². The van der Waals surface area contributed by atoms with Crippen LogP contribution < -0.4 is 10.1 Å². The number of nitrogens with zero attached hydrogens (tertiary/aromatic N) is 1. The number of aromatic nitrogens is 1. The number of pyridine rings is 1. The molecule has 21 heavy (non-hydrogen) atoms. The Morgan fingerprint density at radius 3 is 2.86 bits per heavy atom. The zero-order chi connectivity index (χ0) is 15.2. The summed E-state index contributed by atoms with van der Waals surface area (Å²) in [4.78, 5) is 4.34. The number of hydrogen-bond donors (Lipinski definition) is 1. The first-order chi connectivity index (χ1) is 10.1. The molecule has 0 fully saturated rings. The van der Waals surface area contributed by atoms with Gasteiger partial charge in [0.1, 0.15) is 5.75 Å². The summed E-state index contributed by atoms with van der Waals surface area (Å²) in [6.45, 7) is 8.06. The standard InChI is InChI=1S/C17H21ClN2O/c1-12(2)10-19-11-14-5-4-8-20-17(14)21-16-9-15(18)7-6-13(16)3/h4-9,12,19H,10-11H2,1-3H3. The van der Waals surface area contributed by atoms with E-state index < -0.39 is 0 Å². The molecule has 0 radical (unpaired) electrons. The van der Waals surface area contributed by atoms with Crippen LogP contribution in [0, 0.1) is 12.8 Å². The van der Waals surface area contributed by atoms with Crippen LogP contribution in [0.2, 0.25) is 5.02 Å². The molecule has 0 saturated heterocycles. The molecule has 0 unspecified atom stereocenters. The van der Waals surface area contributed by atoms with Gasteiger partial charge < -0.3 is 10.1 Å². The second kappa shape index (κ2) is 7.43. The number of aryl methyl sites for hydroxylation is 1. The fraction of sp³-hybridized carbons (Fsp3) is 0.353. The van der Waals surface area contributed by atoms with Crippen molar-refractivity contribution in [2.75, 3.05) is 6.54 Å². The maximum Gasteiger partial charge on any atom is 0.223 e. The monoisotopic (exact) mass is 304 g/mol. The maximum absolute atomic E-state index is 6.03. The molecule has 0 aliphatic heterocycles. The summed E-state index contributed by atoms with van der Waals surface area (Å²) in [6, 6.07) is 9.56. The van der Waals surface area contributed by atoms with E-state index in [1.54, 1.807) is 6.20 Å². The lowest BCUT2D eigenvalue weighted by atomic mass is 10.2. The van der Waals surface area contributed by atoms with Gasteiger partial charge in [0.15, 0.2) is 0 Å². The largest absolute Gasteiger partial charge is 0.438 e. The minimum Gasteiger partial charge on any atom is -0.438 e. The van der Waals surface area contributed by atoms with Crippen molar-refractivity contribution in [3.05, 3.63) is 52.7 Å². The Morgan fingerprint density at radius 2 is 2.10 bits per heavy atom. The minimum absolute atomic E-state index is 0.612. The van der Waals surface area contributed by atoms with E-state index in [9.17, 15) is 0 Å². The average Bonchev–Trinajstić information content (AvgIpc) is 2.44. The molecule has 4 heteroatoms. The molecule has 0 saturated carbocycles. The Morgan fingerprint density at radius 1 is 1.29 bits per heavy atom. The number of benzene rings is 1. The lowest BCUT2D eigenvalue weighted by molar-refractivity contribution is 0.447. The van der Waals surface area contributed by atoms with E-state index in [-0.39, 0.29) is 0 Å². The van der Waals surface area contributed by atoms with Gasteiger partial charge in [-0.15, -0.1) is 0 Å². The first kappa shape index (κ1) is 15.8. The maximum atomic E-state index is 6.03. The highest BCUT2D eigenvalue weighted by Gasteiger charge is 2.08. The Labute approximate surface area is 131 Å². The minimum atomic E-state index is 0.612. The van der Waals surface area contributed by atoms with Crippen LogP contribution in [0.5, 0.6) is 11.6 Å². The highest BCUT2D eigenvalue weighted by molar-refractivity contribution is 6.30. The molecule has 1 aromatic carbocycles. The molecular formula is C17H21ClN2O. The van der Waals surface area contributed by atoms with Gasteiger partial charge in [-0.05, 0) is 43.1 Å². The van der Waals surface area contributed by atoms with Crippen molar-refractivity contribution in [2.45, 2.75) is 27.3 Å². The number of ether oxygens (including phenoxy) is 1. The van der Waals surface area contributed by atoms with Gasteiger partial charge in [-0.2, -0.15) is 0 Å². The Bertz CT molecular complexity index is 599. The van der Waals surface area contributed by atoms with Crippen LogP contribution in [0.1, 0.15) is 25.0 Å². The number of nitrogens with one attached hydrogen (secondary N) is 1. The highest BCUT2D eigenvalue weighted by atomic mass is 35.5.